The van der Waals surface area contributed by atoms with Crippen LogP contribution in [0.4, 0.5) is 4.39 Å². The summed E-state index contributed by atoms with van der Waals surface area (Å²) >= 11 is 0. The van der Waals surface area contributed by atoms with Crippen molar-refractivity contribution in [2.24, 2.45) is 5.92 Å². The summed E-state index contributed by atoms with van der Waals surface area (Å²) in [6.07, 6.45) is 3.48. The molecule has 0 radical (unpaired) electrons. The molecule has 1 aromatic heterocycles. The summed E-state index contributed by atoms with van der Waals surface area (Å²) in [5, 5.41) is 3.69. The third-order valence-corrected chi connectivity index (χ3v) is 4.79. The van der Waals surface area contributed by atoms with Gasteiger partial charge in [0.25, 0.3) is 0 Å². The summed E-state index contributed by atoms with van der Waals surface area (Å²) in [6, 6.07) is 4.63. The number of hydrogen-bond donors (Lipinski definition) is 2. The van der Waals surface area contributed by atoms with Gasteiger partial charge in [-0.2, -0.15) is 0 Å². The number of aromatic nitrogens is 1. The Morgan fingerprint density at radius 3 is 3.12 bits per heavy atom. The Morgan fingerprint density at radius 2 is 2.31 bits per heavy atom. The Balaban J connectivity index is 1.53. The van der Waals surface area contributed by atoms with Gasteiger partial charge in [0, 0.05) is 56.9 Å². The molecule has 140 valence electrons. The summed E-state index contributed by atoms with van der Waals surface area (Å²) in [4.78, 5) is 29.2. The molecule has 0 saturated carbocycles. The van der Waals surface area contributed by atoms with Gasteiger partial charge in [0.05, 0.1) is 5.92 Å². The number of likely N-dealkylation sites (tertiary alicyclic amines) is 1. The predicted octanol–water partition coefficient (Wildman–Crippen LogP) is 1.85. The normalized spacial score (nSPS) is 17.2. The number of amides is 2. The van der Waals surface area contributed by atoms with Gasteiger partial charge in [-0.3, -0.25) is 9.59 Å². The van der Waals surface area contributed by atoms with Crippen LogP contribution in [0.3, 0.4) is 0 Å². The molecular formula is C19H24FN3O3. The molecule has 26 heavy (non-hydrogen) atoms. The van der Waals surface area contributed by atoms with E-state index in [0.29, 0.717) is 32.7 Å². The number of halogens is 1. The van der Waals surface area contributed by atoms with Gasteiger partial charge in [-0.1, -0.05) is 0 Å². The van der Waals surface area contributed by atoms with Crippen molar-refractivity contribution >= 4 is 22.7 Å². The van der Waals surface area contributed by atoms with E-state index in [-0.39, 0.29) is 30.0 Å². The molecule has 1 aromatic carbocycles. The molecule has 2 heterocycles. The summed E-state index contributed by atoms with van der Waals surface area (Å²) < 4.78 is 18.4. The van der Waals surface area contributed by atoms with Crippen LogP contribution in [-0.2, 0) is 20.7 Å². The van der Waals surface area contributed by atoms with Crippen molar-refractivity contribution in [1.82, 2.24) is 15.2 Å². The van der Waals surface area contributed by atoms with Crippen molar-refractivity contribution in [3.8, 4) is 0 Å². The van der Waals surface area contributed by atoms with Crippen LogP contribution in [0.5, 0.6) is 0 Å². The lowest BCUT2D eigenvalue weighted by Crippen LogP contribution is -2.34. The molecule has 6 nitrogen and oxygen atoms in total. The van der Waals surface area contributed by atoms with E-state index < -0.39 is 0 Å². The maximum absolute atomic E-state index is 13.5. The molecule has 2 aromatic rings. The van der Waals surface area contributed by atoms with Gasteiger partial charge in [0.15, 0.2) is 0 Å². The van der Waals surface area contributed by atoms with E-state index in [4.69, 9.17) is 4.74 Å². The van der Waals surface area contributed by atoms with E-state index in [1.165, 1.54) is 12.1 Å². The van der Waals surface area contributed by atoms with Crippen molar-refractivity contribution < 1.29 is 18.7 Å². The molecule has 1 unspecified atom stereocenters. The maximum Gasteiger partial charge on any atom is 0.225 e. The average Bonchev–Trinajstić information content (AvgIpc) is 3.20. The van der Waals surface area contributed by atoms with Crippen LogP contribution >= 0.6 is 0 Å². The van der Waals surface area contributed by atoms with Gasteiger partial charge in [0.1, 0.15) is 5.82 Å². The quantitative estimate of drug-likeness (QED) is 0.705. The van der Waals surface area contributed by atoms with E-state index in [9.17, 15) is 14.0 Å². The standard InChI is InChI=1S/C19H24FN3O3/c1-26-8-2-6-21-19(25)14-9-18(24)23(12-14)7-5-13-11-22-17-4-3-15(20)10-16(13)17/h3-4,10-11,14,22H,2,5-9,12H2,1H3,(H,21,25). The van der Waals surface area contributed by atoms with Gasteiger partial charge in [-0.25, -0.2) is 4.39 Å². The maximum atomic E-state index is 13.5. The molecule has 1 fully saturated rings. The zero-order valence-electron chi connectivity index (χ0n) is 14.9. The zero-order chi connectivity index (χ0) is 18.5. The fourth-order valence-electron chi connectivity index (χ4n) is 3.35. The molecule has 0 aliphatic carbocycles. The highest BCUT2D eigenvalue weighted by atomic mass is 19.1. The van der Waals surface area contributed by atoms with Gasteiger partial charge in [-0.05, 0) is 36.6 Å². The third-order valence-electron chi connectivity index (χ3n) is 4.79. The number of ether oxygens (including phenoxy) is 1. The van der Waals surface area contributed by atoms with E-state index >= 15 is 0 Å². The Bertz CT molecular complexity index is 789. The zero-order valence-corrected chi connectivity index (χ0v) is 14.9. The molecule has 1 saturated heterocycles. The highest BCUT2D eigenvalue weighted by Gasteiger charge is 2.33. The second-order valence-corrected chi connectivity index (χ2v) is 6.63. The number of carbonyl (C=O) groups is 2. The molecule has 1 aliphatic heterocycles. The van der Waals surface area contributed by atoms with Crippen LogP contribution in [0.15, 0.2) is 24.4 Å². The molecular weight excluding hydrogens is 337 g/mol. The van der Waals surface area contributed by atoms with Crippen LogP contribution in [0.25, 0.3) is 10.9 Å². The summed E-state index contributed by atoms with van der Waals surface area (Å²) in [7, 11) is 1.62. The lowest BCUT2D eigenvalue weighted by molar-refractivity contribution is -0.129. The Kier molecular flexibility index (Phi) is 5.88. The molecule has 3 rings (SSSR count). The van der Waals surface area contributed by atoms with E-state index in [1.807, 2.05) is 6.20 Å². The van der Waals surface area contributed by atoms with Crippen LogP contribution in [-0.4, -0.2) is 55.0 Å². The van der Waals surface area contributed by atoms with Crippen LogP contribution in [0, 0.1) is 11.7 Å². The highest BCUT2D eigenvalue weighted by molar-refractivity contribution is 5.89. The number of fused-ring (bicyclic) bond motifs is 1. The predicted molar refractivity (Wildman–Crippen MR) is 96.2 cm³/mol. The first-order valence-electron chi connectivity index (χ1n) is 8.88. The number of methoxy groups -OCH3 is 1. The molecule has 0 spiro atoms. The minimum Gasteiger partial charge on any atom is -0.385 e. The summed E-state index contributed by atoms with van der Waals surface area (Å²) in [5.74, 6) is -0.662. The second kappa shape index (κ2) is 8.31. The SMILES string of the molecule is COCCCNC(=O)C1CC(=O)N(CCc2c[nH]c3ccc(F)cc23)C1. The number of benzene rings is 1. The van der Waals surface area contributed by atoms with Crippen molar-refractivity contribution in [3.05, 3.63) is 35.8 Å². The number of hydrogen-bond acceptors (Lipinski definition) is 3. The van der Waals surface area contributed by atoms with Crippen LogP contribution in [0.2, 0.25) is 0 Å². The van der Waals surface area contributed by atoms with E-state index in [1.54, 1.807) is 18.1 Å². The molecule has 0 bridgehead atoms. The molecule has 2 amide bonds. The van der Waals surface area contributed by atoms with E-state index in [0.717, 1.165) is 22.9 Å². The van der Waals surface area contributed by atoms with Gasteiger partial charge in [0.2, 0.25) is 11.8 Å². The Morgan fingerprint density at radius 1 is 1.46 bits per heavy atom. The number of carbonyl (C=O) groups excluding carboxylic acids is 2. The third kappa shape index (κ3) is 4.22. The van der Waals surface area contributed by atoms with Crippen LogP contribution in [0.1, 0.15) is 18.4 Å². The Hall–Kier alpha value is -2.41. The van der Waals surface area contributed by atoms with Crippen molar-refractivity contribution in [1.29, 1.82) is 0 Å². The molecule has 7 heteroatoms. The first-order valence-corrected chi connectivity index (χ1v) is 8.88. The molecule has 2 N–H and O–H groups in total. The minimum absolute atomic E-state index is 0.00642. The molecule has 1 atom stereocenters. The number of H-pyrrole nitrogens is 1. The van der Waals surface area contributed by atoms with Crippen molar-refractivity contribution in [2.45, 2.75) is 19.3 Å². The Labute approximate surface area is 151 Å². The summed E-state index contributed by atoms with van der Waals surface area (Å²) in [6.45, 7) is 2.11. The monoisotopic (exact) mass is 361 g/mol. The minimum atomic E-state index is -0.301. The largest absolute Gasteiger partial charge is 0.385 e. The molecule has 1 aliphatic rings. The van der Waals surface area contributed by atoms with Crippen molar-refractivity contribution in [3.63, 3.8) is 0 Å². The first-order chi connectivity index (χ1) is 12.6. The smallest absolute Gasteiger partial charge is 0.225 e. The second-order valence-electron chi connectivity index (χ2n) is 6.63. The first kappa shape index (κ1) is 18.4. The topological polar surface area (TPSA) is 74.4 Å². The number of rotatable bonds is 8. The van der Waals surface area contributed by atoms with Crippen LogP contribution < -0.4 is 5.32 Å². The summed E-state index contributed by atoms with van der Waals surface area (Å²) in [5.41, 5.74) is 1.85. The number of nitrogens with zero attached hydrogens (tertiary/aromatic N) is 1. The number of nitrogens with one attached hydrogen (secondary N) is 2. The van der Waals surface area contributed by atoms with Gasteiger partial charge < -0.3 is 19.9 Å². The number of aromatic amines is 1. The van der Waals surface area contributed by atoms with Crippen molar-refractivity contribution in [2.75, 3.05) is 33.4 Å². The lowest BCUT2D eigenvalue weighted by atomic mass is 10.1. The lowest BCUT2D eigenvalue weighted by Gasteiger charge is -2.16. The van der Waals surface area contributed by atoms with Gasteiger partial charge >= 0.3 is 0 Å². The average molecular weight is 361 g/mol. The van der Waals surface area contributed by atoms with Gasteiger partial charge in [-0.15, -0.1) is 0 Å². The fraction of sp³-hybridized carbons (Fsp3) is 0.474. The fourth-order valence-corrected chi connectivity index (χ4v) is 3.35. The van der Waals surface area contributed by atoms with E-state index in [2.05, 4.69) is 10.3 Å². The highest BCUT2D eigenvalue weighted by Crippen LogP contribution is 2.22.